The maximum Gasteiger partial charge on any atom is 0.133 e. The average Bonchev–Trinajstić information content (AvgIpc) is 2.51. The second-order valence-electron chi connectivity index (χ2n) is 4.70. The number of rotatable bonds is 6. The number of hydrogen-bond donors (Lipinski definition) is 1. The third-order valence-electron chi connectivity index (χ3n) is 3.13. The Kier molecular flexibility index (Phi) is 5.44. The van der Waals surface area contributed by atoms with Gasteiger partial charge < -0.3 is 10.1 Å². The van der Waals surface area contributed by atoms with Crippen molar-refractivity contribution in [2.24, 2.45) is 0 Å². The molecule has 1 aromatic carbocycles. The molecule has 2 rings (SSSR count). The summed E-state index contributed by atoms with van der Waals surface area (Å²) in [6.45, 7) is 4.19. The highest BCUT2D eigenvalue weighted by molar-refractivity contribution is 7.99. The van der Waals surface area contributed by atoms with Gasteiger partial charge in [-0.15, -0.1) is 0 Å². The third kappa shape index (κ3) is 3.88. The van der Waals surface area contributed by atoms with Crippen LogP contribution in [0.1, 0.15) is 24.7 Å². The van der Waals surface area contributed by atoms with Crippen molar-refractivity contribution in [1.29, 1.82) is 0 Å². The Balaban J connectivity index is 2.30. The van der Waals surface area contributed by atoms with Crippen molar-refractivity contribution < 1.29 is 4.74 Å². The predicted octanol–water partition coefficient (Wildman–Crippen LogP) is 3.94. The summed E-state index contributed by atoms with van der Waals surface area (Å²) in [5, 5.41) is 4.16. The van der Waals surface area contributed by atoms with Gasteiger partial charge >= 0.3 is 0 Å². The summed E-state index contributed by atoms with van der Waals surface area (Å²) in [5.41, 5.74) is 1.08. The number of hydrogen-bond acceptors (Lipinski definition) is 5. The lowest BCUT2D eigenvalue weighted by Crippen LogP contribution is -2.04. The normalized spacial score (nSPS) is 10.5. The quantitative estimate of drug-likeness (QED) is 0.819. The number of nitrogens with one attached hydrogen (secondary N) is 1. The minimum Gasteiger partial charge on any atom is -0.497 e. The van der Waals surface area contributed by atoms with Gasteiger partial charge in [-0.05, 0) is 37.6 Å². The van der Waals surface area contributed by atoms with Crippen LogP contribution in [0.15, 0.2) is 34.2 Å². The van der Waals surface area contributed by atoms with Crippen LogP contribution in [0, 0.1) is 6.92 Å². The van der Waals surface area contributed by atoms with Crippen LogP contribution < -0.4 is 10.1 Å². The standard InChI is InChI=1S/C16H21N3OS/c1-5-6-14-18-15(17-3)11(2)16(19-14)21-13-9-7-12(20-4)8-10-13/h7-10H,5-6H2,1-4H3,(H,17,18,19). The fourth-order valence-electron chi connectivity index (χ4n) is 1.97. The molecule has 0 bridgehead atoms. The van der Waals surface area contributed by atoms with E-state index < -0.39 is 0 Å². The van der Waals surface area contributed by atoms with Gasteiger partial charge in [-0.25, -0.2) is 9.97 Å². The highest BCUT2D eigenvalue weighted by atomic mass is 32.2. The minimum atomic E-state index is 0.862. The first-order valence-electron chi connectivity index (χ1n) is 7.05. The lowest BCUT2D eigenvalue weighted by molar-refractivity contribution is 0.414. The minimum absolute atomic E-state index is 0.862. The van der Waals surface area contributed by atoms with Crippen LogP contribution in [0.25, 0.3) is 0 Å². The summed E-state index contributed by atoms with van der Waals surface area (Å²) in [6.07, 6.45) is 1.93. The molecule has 0 aliphatic heterocycles. The third-order valence-corrected chi connectivity index (χ3v) is 4.23. The summed E-state index contributed by atoms with van der Waals surface area (Å²) in [7, 11) is 3.57. The van der Waals surface area contributed by atoms with Crippen molar-refractivity contribution in [3.05, 3.63) is 35.7 Å². The van der Waals surface area contributed by atoms with Crippen LogP contribution in [0.4, 0.5) is 5.82 Å². The van der Waals surface area contributed by atoms with Gasteiger partial charge in [0.1, 0.15) is 22.4 Å². The molecule has 5 heteroatoms. The van der Waals surface area contributed by atoms with Crippen LogP contribution in [0.2, 0.25) is 0 Å². The van der Waals surface area contributed by atoms with Gasteiger partial charge in [0, 0.05) is 23.9 Å². The SMILES string of the molecule is CCCc1nc(NC)c(C)c(Sc2ccc(OC)cc2)n1. The van der Waals surface area contributed by atoms with E-state index in [2.05, 4.69) is 22.2 Å². The van der Waals surface area contributed by atoms with E-state index >= 15 is 0 Å². The van der Waals surface area contributed by atoms with Crippen LogP contribution in [-0.4, -0.2) is 24.1 Å². The van der Waals surface area contributed by atoms with Crippen molar-refractivity contribution in [2.45, 2.75) is 36.6 Å². The molecule has 0 spiro atoms. The molecule has 0 saturated heterocycles. The molecule has 0 fully saturated rings. The molecule has 21 heavy (non-hydrogen) atoms. The van der Waals surface area contributed by atoms with Crippen molar-refractivity contribution in [1.82, 2.24) is 9.97 Å². The molecule has 0 saturated carbocycles. The fourth-order valence-corrected chi connectivity index (χ4v) is 2.87. The fraction of sp³-hybridized carbons (Fsp3) is 0.375. The monoisotopic (exact) mass is 303 g/mol. The van der Waals surface area contributed by atoms with Crippen molar-refractivity contribution in [3.63, 3.8) is 0 Å². The molecule has 1 aromatic heterocycles. The zero-order valence-corrected chi connectivity index (χ0v) is 13.8. The maximum atomic E-state index is 5.19. The molecule has 2 aromatic rings. The van der Waals surface area contributed by atoms with Gasteiger partial charge in [-0.2, -0.15) is 0 Å². The molecule has 0 radical (unpaired) electrons. The number of anilines is 1. The Morgan fingerprint density at radius 1 is 1.19 bits per heavy atom. The van der Waals surface area contributed by atoms with E-state index in [1.807, 2.05) is 38.2 Å². The largest absolute Gasteiger partial charge is 0.497 e. The second-order valence-corrected chi connectivity index (χ2v) is 5.76. The van der Waals surface area contributed by atoms with Crippen LogP contribution >= 0.6 is 11.8 Å². The van der Waals surface area contributed by atoms with Gasteiger partial charge in [-0.3, -0.25) is 0 Å². The summed E-state index contributed by atoms with van der Waals surface area (Å²) < 4.78 is 5.19. The van der Waals surface area contributed by atoms with Crippen molar-refractivity contribution in [3.8, 4) is 5.75 Å². The summed E-state index contributed by atoms with van der Waals surface area (Å²) >= 11 is 1.66. The lowest BCUT2D eigenvalue weighted by Gasteiger charge is -2.11. The molecule has 0 unspecified atom stereocenters. The highest BCUT2D eigenvalue weighted by Crippen LogP contribution is 2.32. The first-order chi connectivity index (χ1) is 10.2. The molecule has 0 amide bonds. The Labute approximate surface area is 130 Å². The van der Waals surface area contributed by atoms with E-state index in [0.717, 1.165) is 45.7 Å². The van der Waals surface area contributed by atoms with Crippen LogP contribution in [-0.2, 0) is 6.42 Å². The first kappa shape index (κ1) is 15.6. The molecular formula is C16H21N3OS. The first-order valence-corrected chi connectivity index (χ1v) is 7.86. The Hall–Kier alpha value is -1.75. The van der Waals surface area contributed by atoms with Gasteiger partial charge in [-0.1, -0.05) is 18.7 Å². The van der Waals surface area contributed by atoms with Gasteiger partial charge in [0.25, 0.3) is 0 Å². The molecule has 0 aliphatic carbocycles. The smallest absolute Gasteiger partial charge is 0.133 e. The van der Waals surface area contributed by atoms with Crippen LogP contribution in [0.3, 0.4) is 0 Å². The van der Waals surface area contributed by atoms with Crippen molar-refractivity contribution in [2.75, 3.05) is 19.5 Å². The summed E-state index contributed by atoms with van der Waals surface area (Å²) in [4.78, 5) is 10.4. The Morgan fingerprint density at radius 3 is 2.48 bits per heavy atom. The predicted molar refractivity (Wildman–Crippen MR) is 87.4 cm³/mol. The second kappa shape index (κ2) is 7.31. The van der Waals surface area contributed by atoms with E-state index in [0.29, 0.717) is 0 Å². The summed E-state index contributed by atoms with van der Waals surface area (Å²) in [5.74, 6) is 2.66. The van der Waals surface area contributed by atoms with E-state index in [9.17, 15) is 0 Å². The molecule has 4 nitrogen and oxygen atoms in total. The molecule has 1 N–H and O–H groups in total. The zero-order valence-electron chi connectivity index (χ0n) is 12.9. The molecule has 0 atom stereocenters. The number of methoxy groups -OCH3 is 1. The van der Waals surface area contributed by atoms with E-state index in [1.54, 1.807) is 18.9 Å². The van der Waals surface area contributed by atoms with E-state index in [4.69, 9.17) is 4.74 Å². The van der Waals surface area contributed by atoms with E-state index in [-0.39, 0.29) is 0 Å². The van der Waals surface area contributed by atoms with Crippen LogP contribution in [0.5, 0.6) is 5.75 Å². The number of aryl methyl sites for hydroxylation is 1. The molecule has 112 valence electrons. The lowest BCUT2D eigenvalue weighted by atomic mass is 10.3. The van der Waals surface area contributed by atoms with Gasteiger partial charge in [0.2, 0.25) is 0 Å². The Bertz CT molecular complexity index is 599. The topological polar surface area (TPSA) is 47.0 Å². The van der Waals surface area contributed by atoms with Gasteiger partial charge in [0.05, 0.1) is 7.11 Å². The molecular weight excluding hydrogens is 282 g/mol. The summed E-state index contributed by atoms with van der Waals surface area (Å²) in [6, 6.07) is 8.02. The highest BCUT2D eigenvalue weighted by Gasteiger charge is 2.11. The van der Waals surface area contributed by atoms with Crippen molar-refractivity contribution >= 4 is 17.6 Å². The number of benzene rings is 1. The number of nitrogens with zero attached hydrogens (tertiary/aromatic N) is 2. The average molecular weight is 303 g/mol. The molecule has 0 aliphatic rings. The van der Waals surface area contributed by atoms with Gasteiger partial charge in [0.15, 0.2) is 0 Å². The van der Waals surface area contributed by atoms with E-state index in [1.165, 1.54) is 0 Å². The zero-order chi connectivity index (χ0) is 15.2. The molecule has 1 heterocycles. The number of aromatic nitrogens is 2. The number of ether oxygens (including phenoxy) is 1. The Morgan fingerprint density at radius 2 is 1.90 bits per heavy atom. The maximum absolute atomic E-state index is 5.19.